The maximum absolute atomic E-state index is 13.6. The highest BCUT2D eigenvalue weighted by Crippen LogP contribution is 2.31. The summed E-state index contributed by atoms with van der Waals surface area (Å²) >= 11 is 0. The fraction of sp³-hybridized carbons (Fsp3) is 0.357. The molecule has 21 heavy (non-hydrogen) atoms. The van der Waals surface area contributed by atoms with Gasteiger partial charge in [-0.25, -0.2) is 9.37 Å². The third-order valence-corrected chi connectivity index (χ3v) is 3.00. The lowest BCUT2D eigenvalue weighted by Gasteiger charge is -2.12. The molecule has 0 aliphatic heterocycles. The number of anilines is 1. The first kappa shape index (κ1) is 15.3. The zero-order chi connectivity index (χ0) is 15.5. The Hall–Kier alpha value is -2.05. The highest BCUT2D eigenvalue weighted by atomic mass is 19.4. The van der Waals surface area contributed by atoms with Crippen molar-refractivity contribution in [3.8, 4) is 0 Å². The van der Waals surface area contributed by atoms with E-state index in [2.05, 4.69) is 10.3 Å². The Bertz CT molecular complexity index is 605. The van der Waals surface area contributed by atoms with Gasteiger partial charge in [-0.1, -0.05) is 6.92 Å². The number of benzene rings is 1. The van der Waals surface area contributed by atoms with E-state index in [4.69, 9.17) is 0 Å². The molecule has 3 nitrogen and oxygen atoms in total. The van der Waals surface area contributed by atoms with Gasteiger partial charge >= 0.3 is 6.18 Å². The Morgan fingerprint density at radius 1 is 1.29 bits per heavy atom. The molecule has 1 heterocycles. The van der Waals surface area contributed by atoms with E-state index >= 15 is 0 Å². The summed E-state index contributed by atoms with van der Waals surface area (Å²) in [6.45, 7) is 2.91. The fourth-order valence-corrected chi connectivity index (χ4v) is 1.96. The van der Waals surface area contributed by atoms with Crippen LogP contribution in [0.5, 0.6) is 0 Å². The van der Waals surface area contributed by atoms with Crippen molar-refractivity contribution in [2.24, 2.45) is 0 Å². The molecule has 0 aliphatic carbocycles. The molecule has 2 rings (SSSR count). The van der Waals surface area contributed by atoms with Crippen molar-refractivity contribution in [1.82, 2.24) is 9.55 Å². The van der Waals surface area contributed by atoms with Gasteiger partial charge in [0.15, 0.2) is 0 Å². The van der Waals surface area contributed by atoms with Gasteiger partial charge in [0, 0.05) is 18.9 Å². The molecule has 1 aromatic heterocycles. The number of nitrogens with zero attached hydrogens (tertiary/aromatic N) is 2. The molecule has 0 amide bonds. The summed E-state index contributed by atoms with van der Waals surface area (Å²) in [6.07, 6.45) is -0.204. The van der Waals surface area contributed by atoms with E-state index in [-0.39, 0.29) is 12.2 Å². The predicted molar refractivity (Wildman–Crippen MR) is 71.2 cm³/mol. The number of hydrogen-bond donors (Lipinski definition) is 1. The van der Waals surface area contributed by atoms with Crippen molar-refractivity contribution in [3.05, 3.63) is 47.8 Å². The quantitative estimate of drug-likeness (QED) is 0.844. The van der Waals surface area contributed by atoms with Crippen LogP contribution in [-0.2, 0) is 19.3 Å². The lowest BCUT2D eigenvalue weighted by atomic mass is 10.2. The molecular weight excluding hydrogens is 286 g/mol. The number of rotatable bonds is 5. The van der Waals surface area contributed by atoms with Gasteiger partial charge in [-0.3, -0.25) is 0 Å². The van der Waals surface area contributed by atoms with E-state index in [0.717, 1.165) is 31.2 Å². The Morgan fingerprint density at radius 2 is 2.05 bits per heavy atom. The van der Waals surface area contributed by atoms with E-state index in [9.17, 15) is 17.6 Å². The molecule has 0 saturated heterocycles. The molecule has 2 aromatic rings. The second-order valence-electron chi connectivity index (χ2n) is 4.58. The molecule has 0 bridgehead atoms. The van der Waals surface area contributed by atoms with Crippen LogP contribution < -0.4 is 5.32 Å². The average Bonchev–Trinajstić information content (AvgIpc) is 2.84. The molecule has 0 spiro atoms. The number of aryl methyl sites for hydroxylation is 1. The van der Waals surface area contributed by atoms with Gasteiger partial charge in [0.25, 0.3) is 0 Å². The molecule has 0 fully saturated rings. The summed E-state index contributed by atoms with van der Waals surface area (Å²) < 4.78 is 53.3. The van der Waals surface area contributed by atoms with Crippen LogP contribution >= 0.6 is 0 Å². The first-order chi connectivity index (χ1) is 9.91. The first-order valence-corrected chi connectivity index (χ1v) is 6.52. The van der Waals surface area contributed by atoms with E-state index in [1.165, 1.54) is 0 Å². The van der Waals surface area contributed by atoms with Crippen LogP contribution in [0.4, 0.5) is 23.2 Å². The van der Waals surface area contributed by atoms with E-state index in [1.54, 1.807) is 12.4 Å². The van der Waals surface area contributed by atoms with Crippen LogP contribution in [0, 0.1) is 5.82 Å². The Kier molecular flexibility index (Phi) is 4.50. The standard InChI is InChI=1S/C14H15F4N3/c1-2-6-21-7-5-19-13(21)9-20-12-8-10(14(16,17)18)3-4-11(12)15/h3-5,7-8,20H,2,6,9H2,1H3. The van der Waals surface area contributed by atoms with Crippen LogP contribution in [0.3, 0.4) is 0 Å². The van der Waals surface area contributed by atoms with Gasteiger partial charge in [-0.15, -0.1) is 0 Å². The van der Waals surface area contributed by atoms with Crippen molar-refractivity contribution in [3.63, 3.8) is 0 Å². The van der Waals surface area contributed by atoms with E-state index in [0.29, 0.717) is 5.82 Å². The summed E-state index contributed by atoms with van der Waals surface area (Å²) in [7, 11) is 0. The van der Waals surface area contributed by atoms with Gasteiger partial charge in [-0.2, -0.15) is 13.2 Å². The summed E-state index contributed by atoms with van der Waals surface area (Å²) in [5.74, 6) is -0.0785. The number of imidazole rings is 1. The number of nitrogens with one attached hydrogen (secondary N) is 1. The van der Waals surface area contributed by atoms with E-state index in [1.807, 2.05) is 11.5 Å². The van der Waals surface area contributed by atoms with Crippen LogP contribution in [-0.4, -0.2) is 9.55 Å². The minimum atomic E-state index is -4.50. The zero-order valence-electron chi connectivity index (χ0n) is 11.4. The number of halogens is 4. The summed E-state index contributed by atoms with van der Waals surface area (Å²) in [4.78, 5) is 4.11. The molecule has 0 unspecified atom stereocenters. The third-order valence-electron chi connectivity index (χ3n) is 3.00. The van der Waals surface area contributed by atoms with Gasteiger partial charge < -0.3 is 9.88 Å². The summed E-state index contributed by atoms with van der Waals surface area (Å²) in [6, 6.07) is 2.30. The Labute approximate surface area is 119 Å². The summed E-state index contributed by atoms with van der Waals surface area (Å²) in [5.41, 5.74) is -1.07. The van der Waals surface area contributed by atoms with Gasteiger partial charge in [0.05, 0.1) is 17.8 Å². The number of alkyl halides is 3. The van der Waals surface area contributed by atoms with Crippen LogP contribution in [0.2, 0.25) is 0 Å². The Morgan fingerprint density at radius 3 is 2.71 bits per heavy atom. The van der Waals surface area contributed by atoms with Crippen molar-refractivity contribution < 1.29 is 17.6 Å². The topological polar surface area (TPSA) is 29.9 Å². The second-order valence-corrected chi connectivity index (χ2v) is 4.58. The van der Waals surface area contributed by atoms with Gasteiger partial charge in [-0.05, 0) is 24.6 Å². The first-order valence-electron chi connectivity index (χ1n) is 6.52. The lowest BCUT2D eigenvalue weighted by Crippen LogP contribution is -2.11. The highest BCUT2D eigenvalue weighted by Gasteiger charge is 2.31. The van der Waals surface area contributed by atoms with Crippen LogP contribution in [0.25, 0.3) is 0 Å². The SMILES string of the molecule is CCCn1ccnc1CNc1cc(C(F)(F)F)ccc1F. The zero-order valence-corrected chi connectivity index (χ0v) is 11.4. The second kappa shape index (κ2) is 6.15. The van der Waals surface area contributed by atoms with Gasteiger partial charge in [0.1, 0.15) is 11.6 Å². The molecule has 7 heteroatoms. The molecule has 0 saturated carbocycles. The number of hydrogen-bond acceptors (Lipinski definition) is 2. The Balaban J connectivity index is 2.14. The van der Waals surface area contributed by atoms with Crippen molar-refractivity contribution >= 4 is 5.69 Å². The maximum atomic E-state index is 13.6. The molecule has 114 valence electrons. The smallest absolute Gasteiger partial charge is 0.375 e. The molecular formula is C14H15F4N3. The minimum absolute atomic E-state index is 0.158. The normalized spacial score (nSPS) is 11.7. The monoisotopic (exact) mass is 301 g/mol. The van der Waals surface area contributed by atoms with Gasteiger partial charge in [0.2, 0.25) is 0 Å². The van der Waals surface area contributed by atoms with Crippen molar-refractivity contribution in [2.45, 2.75) is 32.6 Å². The molecule has 0 aliphatic rings. The van der Waals surface area contributed by atoms with Crippen molar-refractivity contribution in [2.75, 3.05) is 5.32 Å². The van der Waals surface area contributed by atoms with Crippen LogP contribution in [0.1, 0.15) is 24.7 Å². The maximum Gasteiger partial charge on any atom is 0.416 e. The molecule has 0 atom stereocenters. The molecule has 0 radical (unpaired) electrons. The van der Waals surface area contributed by atoms with Crippen molar-refractivity contribution in [1.29, 1.82) is 0 Å². The minimum Gasteiger partial charge on any atom is -0.375 e. The van der Waals surface area contributed by atoms with Crippen LogP contribution in [0.15, 0.2) is 30.6 Å². The fourth-order valence-electron chi connectivity index (χ4n) is 1.96. The lowest BCUT2D eigenvalue weighted by molar-refractivity contribution is -0.137. The molecule has 1 N–H and O–H groups in total. The number of aromatic nitrogens is 2. The van der Waals surface area contributed by atoms with E-state index < -0.39 is 17.6 Å². The molecule has 1 aromatic carbocycles. The average molecular weight is 301 g/mol. The predicted octanol–water partition coefficient (Wildman–Crippen LogP) is 4.06. The third kappa shape index (κ3) is 3.74. The summed E-state index contributed by atoms with van der Waals surface area (Å²) in [5, 5.41) is 2.67. The largest absolute Gasteiger partial charge is 0.416 e. The highest BCUT2D eigenvalue weighted by molar-refractivity contribution is 5.48.